The average Bonchev–Trinajstić information content (AvgIpc) is 3.35. The number of nitrogens with two attached hydrogens (primary N) is 5. The van der Waals surface area contributed by atoms with Crippen molar-refractivity contribution in [2.24, 2.45) is 39.6 Å². The first-order valence-corrected chi connectivity index (χ1v) is 26.9. The van der Waals surface area contributed by atoms with Crippen molar-refractivity contribution in [1.82, 2.24) is 42.1 Å². The molecular weight excluding hydrogens is 1020 g/mol. The van der Waals surface area contributed by atoms with Crippen LogP contribution in [0, 0.1) is 5.92 Å². The molecular formula is C47H74N14O12S2. The fraction of sp³-hybridized carbons (Fsp3) is 0.617. The van der Waals surface area contributed by atoms with Crippen LogP contribution in [0.3, 0.4) is 0 Å². The first-order chi connectivity index (χ1) is 35.5. The van der Waals surface area contributed by atoms with Crippen molar-refractivity contribution >= 4 is 92.5 Å². The van der Waals surface area contributed by atoms with Gasteiger partial charge in [-0.1, -0.05) is 73.3 Å². The molecule has 75 heavy (non-hydrogen) atoms. The average molecular weight is 1090 g/mol. The minimum Gasteiger partial charge on any atom is -0.497 e. The molecule has 1 heterocycles. The molecule has 2 fully saturated rings. The molecule has 0 unspecified atom stereocenters. The van der Waals surface area contributed by atoms with Crippen LogP contribution < -0.4 is 70.6 Å². The molecule has 11 amide bonds. The van der Waals surface area contributed by atoms with Gasteiger partial charge in [0.05, 0.1) is 26.6 Å². The maximum Gasteiger partial charge on any atom is 0.246 e. The Bertz CT molecular complexity index is 2230. The monoisotopic (exact) mass is 1090 g/mol. The van der Waals surface area contributed by atoms with Crippen LogP contribution in [0.25, 0.3) is 0 Å². The Morgan fingerprint density at radius 2 is 1.47 bits per heavy atom. The SMILES string of the molecule is CC[C@H](C)[C@@H]1NC(=O)[C@H](Cc2ccc(OC)cc2)NC(=O)CC2(CCCCC2)SSC[C@@H](C(=O)N(C)CC(=O)N[C@@H](CCCN=C(N)N)C(=O)NCC(N)=O)NC(=O)[C@H](CC(N)=O)NC(=O)[C@H](CCC(N)=O)NC1=O. The number of hydrogen-bond acceptors (Lipinski definition) is 15. The van der Waals surface area contributed by atoms with Crippen LogP contribution in [-0.4, -0.2) is 156 Å². The van der Waals surface area contributed by atoms with Crippen molar-refractivity contribution in [2.75, 3.05) is 39.5 Å². The van der Waals surface area contributed by atoms with Gasteiger partial charge in [-0.25, -0.2) is 0 Å². The van der Waals surface area contributed by atoms with Gasteiger partial charge in [-0.05, 0) is 55.7 Å². The third kappa shape index (κ3) is 21.9. The zero-order valence-corrected chi connectivity index (χ0v) is 44.5. The summed E-state index contributed by atoms with van der Waals surface area (Å²) in [5.74, 6) is -9.64. The third-order valence-corrected chi connectivity index (χ3v) is 15.8. The van der Waals surface area contributed by atoms with E-state index in [2.05, 4.69) is 42.2 Å². The Balaban J connectivity index is 2.10. The first kappa shape index (κ1) is 62.5. The number of carbonyl (C=O) groups excluding carboxylic acids is 11. The van der Waals surface area contributed by atoms with Crippen molar-refractivity contribution in [3.05, 3.63) is 29.8 Å². The molecule has 1 aromatic rings. The van der Waals surface area contributed by atoms with E-state index in [-0.39, 0.29) is 50.4 Å². The highest BCUT2D eigenvalue weighted by Crippen LogP contribution is 2.48. The summed E-state index contributed by atoms with van der Waals surface area (Å²) in [5.41, 5.74) is 27.6. The Morgan fingerprint density at radius 3 is 2.07 bits per heavy atom. The second-order valence-corrected chi connectivity index (χ2v) is 21.4. The van der Waals surface area contributed by atoms with E-state index in [1.54, 1.807) is 38.1 Å². The number of methoxy groups -OCH3 is 1. The van der Waals surface area contributed by atoms with Crippen LogP contribution in [0.2, 0.25) is 0 Å². The molecule has 2 aliphatic rings. The number of hydrogen-bond donors (Lipinski definition) is 12. The molecule has 416 valence electrons. The minimum atomic E-state index is -1.76. The molecule has 1 aliphatic carbocycles. The van der Waals surface area contributed by atoms with E-state index in [9.17, 15) is 52.7 Å². The summed E-state index contributed by atoms with van der Waals surface area (Å²) in [4.78, 5) is 153. The summed E-state index contributed by atoms with van der Waals surface area (Å²) < 4.78 is 4.57. The Morgan fingerprint density at radius 1 is 0.827 bits per heavy atom. The van der Waals surface area contributed by atoms with Gasteiger partial charge in [0.2, 0.25) is 65.0 Å². The lowest BCUT2D eigenvalue weighted by atomic mass is 9.85. The molecule has 7 atom stereocenters. The van der Waals surface area contributed by atoms with Gasteiger partial charge >= 0.3 is 0 Å². The number of aliphatic imine (C=N–C) groups is 1. The Hall–Kier alpha value is -6.84. The van der Waals surface area contributed by atoms with E-state index in [1.807, 2.05) is 0 Å². The summed E-state index contributed by atoms with van der Waals surface area (Å²) in [6, 6.07) is -1.66. The lowest BCUT2D eigenvalue weighted by Gasteiger charge is -2.36. The highest BCUT2D eigenvalue weighted by molar-refractivity contribution is 8.77. The van der Waals surface area contributed by atoms with E-state index >= 15 is 0 Å². The van der Waals surface area contributed by atoms with Gasteiger partial charge in [0.15, 0.2) is 5.96 Å². The van der Waals surface area contributed by atoms with Crippen LogP contribution in [0.4, 0.5) is 0 Å². The zero-order chi connectivity index (χ0) is 55.8. The quantitative estimate of drug-likeness (QED) is 0.0252. The Kier molecular flexibility index (Phi) is 25.9. The number of carbonyl (C=O) groups is 11. The number of rotatable bonds is 21. The lowest BCUT2D eigenvalue weighted by molar-refractivity contribution is -0.139. The van der Waals surface area contributed by atoms with Crippen molar-refractivity contribution < 1.29 is 57.5 Å². The minimum absolute atomic E-state index is 0.00605. The van der Waals surface area contributed by atoms with Gasteiger partial charge in [-0.3, -0.25) is 57.7 Å². The number of likely N-dealkylation sites (N-methyl/N-ethyl adjacent to an activating group) is 1. The molecule has 0 aromatic heterocycles. The van der Waals surface area contributed by atoms with Crippen molar-refractivity contribution in [1.29, 1.82) is 0 Å². The number of benzene rings is 1. The highest BCUT2D eigenvalue weighted by atomic mass is 33.1. The van der Waals surface area contributed by atoms with E-state index in [1.165, 1.54) is 25.0 Å². The summed E-state index contributed by atoms with van der Waals surface area (Å²) >= 11 is 0. The molecule has 1 saturated heterocycles. The molecule has 0 radical (unpaired) electrons. The van der Waals surface area contributed by atoms with Crippen molar-refractivity contribution in [3.63, 3.8) is 0 Å². The second kappa shape index (κ2) is 31.1. The molecule has 3 rings (SSSR count). The molecule has 1 aliphatic heterocycles. The number of ether oxygens (including phenoxy) is 1. The van der Waals surface area contributed by atoms with Crippen LogP contribution in [0.15, 0.2) is 29.3 Å². The van der Waals surface area contributed by atoms with Crippen molar-refractivity contribution in [3.8, 4) is 5.75 Å². The maximum atomic E-state index is 14.4. The number of primary amides is 3. The zero-order valence-electron chi connectivity index (χ0n) is 42.9. The van der Waals surface area contributed by atoms with E-state index < -0.39 is 138 Å². The third-order valence-electron chi connectivity index (χ3n) is 12.5. The summed E-state index contributed by atoms with van der Waals surface area (Å²) in [7, 11) is 5.23. The van der Waals surface area contributed by atoms with Gasteiger partial charge in [0, 0.05) is 43.4 Å². The Labute approximate surface area is 443 Å². The topological polar surface area (TPSA) is 427 Å². The predicted octanol–water partition coefficient (Wildman–Crippen LogP) is -3.07. The fourth-order valence-electron chi connectivity index (χ4n) is 8.23. The molecule has 1 spiro atoms. The van der Waals surface area contributed by atoms with Crippen LogP contribution in [0.1, 0.15) is 96.5 Å². The first-order valence-electron chi connectivity index (χ1n) is 24.6. The molecule has 28 heteroatoms. The number of amides is 11. The van der Waals surface area contributed by atoms with E-state index in [0.717, 1.165) is 35.0 Å². The molecule has 1 saturated carbocycles. The van der Waals surface area contributed by atoms with Gasteiger partial charge in [-0.2, -0.15) is 0 Å². The van der Waals surface area contributed by atoms with Crippen molar-refractivity contribution in [2.45, 2.75) is 138 Å². The molecule has 26 nitrogen and oxygen atoms in total. The largest absolute Gasteiger partial charge is 0.497 e. The predicted molar refractivity (Wildman–Crippen MR) is 280 cm³/mol. The molecule has 17 N–H and O–H groups in total. The summed E-state index contributed by atoms with van der Waals surface area (Å²) in [5, 5.41) is 18.1. The lowest BCUT2D eigenvalue weighted by Crippen LogP contribution is -2.61. The normalized spacial score (nSPS) is 21.7. The van der Waals surface area contributed by atoms with Gasteiger partial charge in [-0.15, -0.1) is 0 Å². The summed E-state index contributed by atoms with van der Waals surface area (Å²) in [6.45, 7) is 2.38. The standard InChI is InChI=1S/C47H74N14O12S2/c1-5-26(2)39-44(71)57-30(15-16-34(48)62)41(68)58-32(21-35(49)63)42(69)59-33(45(72)61(3)24-38(66)55-29(10-9-19-53-46(51)52)40(67)54-23-36(50)64)25-74-75-47(17-7-6-8-18-47)22-37(65)56-31(43(70)60-39)20-27-11-13-28(73-4)14-12-27/h11-14,26,29-33,39H,5-10,15-25H2,1-4H3,(H2,48,62)(H2,49,63)(H2,50,64)(H,54,67)(H,55,66)(H,56,65)(H,57,71)(H,58,68)(H,59,69)(H,60,70)(H4,51,52,53)/t26-,29-,30-,31-,32-,33-,39-/m0/s1. The number of nitrogens with one attached hydrogen (secondary N) is 7. The summed E-state index contributed by atoms with van der Waals surface area (Å²) in [6.07, 6.45) is 2.46. The molecule has 0 bridgehead atoms. The van der Waals surface area contributed by atoms with Crippen LogP contribution in [-0.2, 0) is 59.2 Å². The van der Waals surface area contributed by atoms with Gasteiger partial charge in [0.1, 0.15) is 42.0 Å². The second-order valence-electron chi connectivity index (χ2n) is 18.6. The highest BCUT2D eigenvalue weighted by Gasteiger charge is 2.40. The van der Waals surface area contributed by atoms with Crippen LogP contribution in [0.5, 0.6) is 5.75 Å². The van der Waals surface area contributed by atoms with E-state index in [4.69, 9.17) is 33.4 Å². The van der Waals surface area contributed by atoms with Gasteiger partial charge in [0.25, 0.3) is 0 Å². The molecule has 1 aromatic carbocycles. The maximum absolute atomic E-state index is 14.4. The fourth-order valence-corrected chi connectivity index (χ4v) is 11.6. The van der Waals surface area contributed by atoms with E-state index in [0.29, 0.717) is 30.6 Å². The number of guanidine groups is 1. The number of nitrogens with zero attached hydrogens (tertiary/aromatic N) is 2. The smallest absolute Gasteiger partial charge is 0.246 e. The van der Waals surface area contributed by atoms with Crippen LogP contribution >= 0.6 is 21.6 Å². The van der Waals surface area contributed by atoms with Gasteiger partial charge < -0.3 is 75.5 Å².